The Labute approximate surface area is 102 Å². The van der Waals surface area contributed by atoms with Crippen LogP contribution in [0.1, 0.15) is 40.7 Å². The smallest absolute Gasteiger partial charge is 0.150 e. The Morgan fingerprint density at radius 2 is 1.53 bits per heavy atom. The van der Waals surface area contributed by atoms with Crippen molar-refractivity contribution in [1.82, 2.24) is 0 Å². The maximum absolute atomic E-state index is 10.6. The van der Waals surface area contributed by atoms with Crippen LogP contribution in [0.25, 0.3) is 0 Å². The van der Waals surface area contributed by atoms with Gasteiger partial charge in [0, 0.05) is 11.5 Å². The summed E-state index contributed by atoms with van der Waals surface area (Å²) < 4.78 is 0. The lowest BCUT2D eigenvalue weighted by Gasteiger charge is -2.15. The molecule has 2 rings (SSSR count). The van der Waals surface area contributed by atoms with Crippen LogP contribution in [0, 0.1) is 0 Å². The van der Waals surface area contributed by atoms with E-state index in [4.69, 9.17) is 0 Å². The maximum atomic E-state index is 10.6. The van der Waals surface area contributed by atoms with E-state index in [9.17, 15) is 4.79 Å². The predicted molar refractivity (Wildman–Crippen MR) is 70.4 cm³/mol. The number of aldehydes is 1. The fraction of sp³-hybridized carbons (Fsp3) is 0.188. The molecule has 1 heteroatoms. The van der Waals surface area contributed by atoms with Crippen molar-refractivity contribution in [1.29, 1.82) is 0 Å². The summed E-state index contributed by atoms with van der Waals surface area (Å²) in [6.45, 7) is 2.19. The second-order valence-electron chi connectivity index (χ2n) is 4.16. The van der Waals surface area contributed by atoms with Crippen molar-refractivity contribution in [2.75, 3.05) is 0 Å². The van der Waals surface area contributed by atoms with E-state index in [-0.39, 0.29) is 0 Å². The molecule has 2 aromatic carbocycles. The Kier molecular flexibility index (Phi) is 3.71. The molecule has 0 aliphatic rings. The van der Waals surface area contributed by atoms with Gasteiger partial charge in [0.05, 0.1) is 0 Å². The average Bonchev–Trinajstić information content (AvgIpc) is 2.42. The first-order valence-electron chi connectivity index (χ1n) is 5.95. The molecule has 1 atom stereocenters. The minimum absolute atomic E-state index is 0.414. The molecule has 0 saturated carbocycles. The second kappa shape index (κ2) is 5.44. The number of hydrogen-bond donors (Lipinski definition) is 0. The van der Waals surface area contributed by atoms with Gasteiger partial charge in [-0.05, 0) is 17.5 Å². The largest absolute Gasteiger partial charge is 0.298 e. The van der Waals surface area contributed by atoms with Gasteiger partial charge >= 0.3 is 0 Å². The minimum atomic E-state index is 0.414. The molecule has 2 aromatic rings. The van der Waals surface area contributed by atoms with Crippen LogP contribution in [0.3, 0.4) is 0 Å². The lowest BCUT2D eigenvalue weighted by molar-refractivity contribution is 0.112. The van der Waals surface area contributed by atoms with Crippen LogP contribution in [-0.4, -0.2) is 6.29 Å². The SMILES string of the molecule is CCC(c1ccccc1)c1ccc(C=O)cc1. The molecule has 0 saturated heterocycles. The van der Waals surface area contributed by atoms with Gasteiger partial charge < -0.3 is 0 Å². The third-order valence-electron chi connectivity index (χ3n) is 3.09. The zero-order valence-corrected chi connectivity index (χ0v) is 9.97. The molecule has 0 aliphatic carbocycles. The van der Waals surface area contributed by atoms with Crippen LogP contribution in [0.5, 0.6) is 0 Å². The van der Waals surface area contributed by atoms with Crippen molar-refractivity contribution in [2.24, 2.45) is 0 Å². The topological polar surface area (TPSA) is 17.1 Å². The van der Waals surface area contributed by atoms with E-state index in [0.29, 0.717) is 5.92 Å². The zero-order valence-electron chi connectivity index (χ0n) is 9.97. The van der Waals surface area contributed by atoms with Gasteiger partial charge in [-0.3, -0.25) is 4.79 Å². The number of carbonyl (C=O) groups excluding carboxylic acids is 1. The van der Waals surface area contributed by atoms with Crippen LogP contribution < -0.4 is 0 Å². The van der Waals surface area contributed by atoms with E-state index in [2.05, 4.69) is 31.2 Å². The molecule has 0 N–H and O–H groups in total. The fourth-order valence-electron chi connectivity index (χ4n) is 2.16. The van der Waals surface area contributed by atoms with Gasteiger partial charge in [0.15, 0.2) is 0 Å². The molecule has 0 aliphatic heterocycles. The highest BCUT2D eigenvalue weighted by Crippen LogP contribution is 2.27. The van der Waals surface area contributed by atoms with Gasteiger partial charge in [0.1, 0.15) is 6.29 Å². The van der Waals surface area contributed by atoms with E-state index < -0.39 is 0 Å². The highest BCUT2D eigenvalue weighted by Gasteiger charge is 2.11. The van der Waals surface area contributed by atoms with E-state index >= 15 is 0 Å². The molecule has 0 radical (unpaired) electrons. The highest BCUT2D eigenvalue weighted by atomic mass is 16.1. The second-order valence-corrected chi connectivity index (χ2v) is 4.16. The highest BCUT2D eigenvalue weighted by molar-refractivity contribution is 5.74. The molecule has 1 unspecified atom stereocenters. The Morgan fingerprint density at radius 3 is 2.06 bits per heavy atom. The van der Waals surface area contributed by atoms with Gasteiger partial charge in [0.25, 0.3) is 0 Å². The van der Waals surface area contributed by atoms with Crippen LogP contribution in [0.4, 0.5) is 0 Å². The van der Waals surface area contributed by atoms with E-state index in [0.717, 1.165) is 18.3 Å². The summed E-state index contributed by atoms with van der Waals surface area (Å²) in [6.07, 6.45) is 1.94. The summed E-state index contributed by atoms with van der Waals surface area (Å²) in [5.74, 6) is 0.414. The van der Waals surface area contributed by atoms with Crippen molar-refractivity contribution >= 4 is 6.29 Å². The molecule has 0 fully saturated rings. The van der Waals surface area contributed by atoms with Crippen molar-refractivity contribution in [3.05, 3.63) is 71.3 Å². The summed E-state index contributed by atoms with van der Waals surface area (Å²) in [7, 11) is 0. The Hall–Kier alpha value is -1.89. The van der Waals surface area contributed by atoms with Gasteiger partial charge in [-0.2, -0.15) is 0 Å². The van der Waals surface area contributed by atoms with Gasteiger partial charge in [0.2, 0.25) is 0 Å². The lowest BCUT2D eigenvalue weighted by atomic mass is 9.89. The molecule has 0 bridgehead atoms. The summed E-state index contributed by atoms with van der Waals surface area (Å²) in [5.41, 5.74) is 3.33. The number of carbonyl (C=O) groups is 1. The van der Waals surface area contributed by atoms with E-state index in [1.54, 1.807) is 0 Å². The Bertz CT molecular complexity index is 471. The number of benzene rings is 2. The molecule has 0 spiro atoms. The van der Waals surface area contributed by atoms with Crippen LogP contribution in [0.2, 0.25) is 0 Å². The molecule has 86 valence electrons. The predicted octanol–water partition coefficient (Wildman–Crippen LogP) is 4.04. The third kappa shape index (κ3) is 2.62. The Morgan fingerprint density at radius 1 is 0.941 bits per heavy atom. The van der Waals surface area contributed by atoms with Crippen molar-refractivity contribution in [3.63, 3.8) is 0 Å². The van der Waals surface area contributed by atoms with Crippen LogP contribution in [-0.2, 0) is 0 Å². The van der Waals surface area contributed by atoms with Crippen LogP contribution >= 0.6 is 0 Å². The Balaban J connectivity index is 2.32. The first-order valence-corrected chi connectivity index (χ1v) is 5.95. The van der Waals surface area contributed by atoms with Crippen LogP contribution in [0.15, 0.2) is 54.6 Å². The molecular formula is C16H16O. The summed E-state index contributed by atoms with van der Waals surface area (Å²) >= 11 is 0. The minimum Gasteiger partial charge on any atom is -0.298 e. The quantitative estimate of drug-likeness (QED) is 0.716. The zero-order chi connectivity index (χ0) is 12.1. The van der Waals surface area contributed by atoms with Crippen molar-refractivity contribution < 1.29 is 4.79 Å². The molecule has 0 heterocycles. The molecular weight excluding hydrogens is 208 g/mol. The normalized spacial score (nSPS) is 12.1. The van der Waals surface area contributed by atoms with E-state index in [1.165, 1.54) is 11.1 Å². The third-order valence-corrected chi connectivity index (χ3v) is 3.09. The average molecular weight is 224 g/mol. The summed E-state index contributed by atoms with van der Waals surface area (Å²) in [6, 6.07) is 18.3. The van der Waals surface area contributed by atoms with Crippen molar-refractivity contribution in [2.45, 2.75) is 19.3 Å². The maximum Gasteiger partial charge on any atom is 0.150 e. The molecule has 0 aromatic heterocycles. The number of hydrogen-bond acceptors (Lipinski definition) is 1. The van der Waals surface area contributed by atoms with Crippen molar-refractivity contribution in [3.8, 4) is 0 Å². The molecule has 1 nitrogen and oxygen atoms in total. The monoisotopic (exact) mass is 224 g/mol. The first kappa shape index (κ1) is 11.6. The summed E-state index contributed by atoms with van der Waals surface area (Å²) in [5, 5.41) is 0. The molecule has 0 amide bonds. The molecule has 17 heavy (non-hydrogen) atoms. The van der Waals surface area contributed by atoms with Gasteiger partial charge in [-0.25, -0.2) is 0 Å². The first-order chi connectivity index (χ1) is 8.35. The standard InChI is InChI=1S/C16H16O/c1-2-16(14-6-4-3-5-7-14)15-10-8-13(12-17)9-11-15/h3-12,16H,2H2,1H3. The van der Waals surface area contributed by atoms with Gasteiger partial charge in [-0.1, -0.05) is 61.5 Å². The van der Waals surface area contributed by atoms with E-state index in [1.807, 2.05) is 30.3 Å². The van der Waals surface area contributed by atoms with Gasteiger partial charge in [-0.15, -0.1) is 0 Å². The number of rotatable bonds is 4. The fourth-order valence-corrected chi connectivity index (χ4v) is 2.16. The lowest BCUT2D eigenvalue weighted by Crippen LogP contribution is -1.99. The summed E-state index contributed by atoms with van der Waals surface area (Å²) in [4.78, 5) is 10.6.